The van der Waals surface area contributed by atoms with Crippen molar-refractivity contribution in [2.45, 2.75) is 56.4 Å². The Morgan fingerprint density at radius 3 is 1.58 bits per heavy atom. The molecule has 1 unspecified atom stereocenters. The van der Waals surface area contributed by atoms with E-state index in [0.717, 1.165) is 23.3 Å². The van der Waals surface area contributed by atoms with E-state index in [2.05, 4.69) is 10.6 Å². The highest BCUT2D eigenvalue weighted by atomic mass is 32.2. The van der Waals surface area contributed by atoms with Crippen LogP contribution in [0.4, 0.5) is 5.69 Å². The monoisotopic (exact) mass is 937 g/mol. The smallest absolute Gasteiger partial charge is 0.297 e. The van der Waals surface area contributed by atoms with E-state index in [1.165, 1.54) is 18.2 Å². The van der Waals surface area contributed by atoms with Crippen LogP contribution in [0.5, 0.6) is 0 Å². The summed E-state index contributed by atoms with van der Waals surface area (Å²) in [6.45, 7) is 9.16. The number of nitrogens with one attached hydrogen (secondary N) is 2. The van der Waals surface area contributed by atoms with Crippen LogP contribution in [0.2, 0.25) is 0 Å². The molecule has 2 aromatic rings. The fourth-order valence-corrected chi connectivity index (χ4v) is 7.23. The molecule has 0 spiro atoms. The number of carbonyl (C=O) groups excluding carboxylic acids is 5. The fourth-order valence-electron chi connectivity index (χ4n) is 6.34. The van der Waals surface area contributed by atoms with Gasteiger partial charge in [0.25, 0.3) is 21.9 Å². The maximum Gasteiger partial charge on any atom is 0.297 e. The summed E-state index contributed by atoms with van der Waals surface area (Å²) in [5.74, 6) is -2.75. The van der Waals surface area contributed by atoms with Gasteiger partial charge in [0.05, 0.1) is 141 Å². The molecule has 0 bridgehead atoms. The Balaban J connectivity index is 0.824. The summed E-state index contributed by atoms with van der Waals surface area (Å²) in [4.78, 5) is 63.7. The molecule has 1 atom stereocenters. The fraction of sp³-hybridized carbons (Fsp3) is 0.614. The Morgan fingerprint density at radius 1 is 0.615 bits per heavy atom. The van der Waals surface area contributed by atoms with Gasteiger partial charge in [-0.25, -0.2) is 0 Å². The number of anilines is 1. The zero-order valence-electron chi connectivity index (χ0n) is 37.1. The number of rotatable bonds is 37. The Bertz CT molecular complexity index is 1880. The van der Waals surface area contributed by atoms with E-state index in [-0.39, 0.29) is 60.1 Å². The van der Waals surface area contributed by atoms with Crippen LogP contribution >= 0.6 is 0 Å². The van der Waals surface area contributed by atoms with Gasteiger partial charge in [0, 0.05) is 19.4 Å². The summed E-state index contributed by atoms with van der Waals surface area (Å²) in [5, 5.41) is 4.90. The first-order chi connectivity index (χ1) is 31.6. The number of unbranched alkanes of at least 4 members (excludes halogenated alkanes) is 2. The first-order valence-electron chi connectivity index (χ1n) is 21.9. The summed E-state index contributed by atoms with van der Waals surface area (Å²) in [6.07, 6.45) is 2.40. The number of ether oxygens (including phenoxy) is 9. The highest BCUT2D eigenvalue weighted by molar-refractivity contribution is 7.86. The molecule has 1 saturated heterocycles. The lowest BCUT2D eigenvalue weighted by Gasteiger charge is -2.27. The topological polar surface area (TPSA) is 239 Å². The molecule has 0 aliphatic carbocycles. The second-order valence-corrected chi connectivity index (χ2v) is 16.3. The number of piperidine rings is 1. The molecule has 2 heterocycles. The molecule has 4 rings (SSSR count). The molecule has 21 heteroatoms. The average molecular weight is 938 g/mol. The molecule has 0 saturated carbocycles. The Labute approximate surface area is 380 Å². The van der Waals surface area contributed by atoms with Gasteiger partial charge < -0.3 is 47.9 Å². The van der Waals surface area contributed by atoms with Crippen LogP contribution in [-0.4, -0.2) is 174 Å². The summed E-state index contributed by atoms with van der Waals surface area (Å²) < 4.78 is 78.5. The SMILES string of the molecule is Cc1ccc(S(=O)(=O)OCCOCCOCCOCCOCCOCCOCCOCCOCCOCCCCCC(=O)Nc2cccc3c2C(=O)N(C2CCC(=O)NC2=O)C3=O)cc1. The van der Waals surface area contributed by atoms with Gasteiger partial charge in [-0.05, 0) is 50.5 Å². The maximum atomic E-state index is 13.2. The lowest BCUT2D eigenvalue weighted by molar-refractivity contribution is -0.136. The zero-order valence-corrected chi connectivity index (χ0v) is 37.9. The summed E-state index contributed by atoms with van der Waals surface area (Å²) in [5.41, 5.74) is 1.33. The minimum absolute atomic E-state index is 0.0223. The third-order valence-electron chi connectivity index (χ3n) is 9.69. The van der Waals surface area contributed by atoms with E-state index in [1.54, 1.807) is 24.3 Å². The van der Waals surface area contributed by atoms with Crippen molar-refractivity contribution in [3.63, 3.8) is 0 Å². The molecule has 1 fully saturated rings. The van der Waals surface area contributed by atoms with Crippen LogP contribution in [0.25, 0.3) is 0 Å². The molecule has 2 aromatic carbocycles. The highest BCUT2D eigenvalue weighted by Gasteiger charge is 2.45. The zero-order chi connectivity index (χ0) is 46.5. The number of nitrogens with zero attached hydrogens (tertiary/aromatic N) is 1. The van der Waals surface area contributed by atoms with Crippen molar-refractivity contribution in [2.75, 3.05) is 131 Å². The molecule has 362 valence electrons. The van der Waals surface area contributed by atoms with Crippen molar-refractivity contribution >= 4 is 45.3 Å². The van der Waals surface area contributed by atoms with Crippen LogP contribution in [0.3, 0.4) is 0 Å². The molecule has 0 radical (unpaired) electrons. The number of carbonyl (C=O) groups is 5. The van der Waals surface area contributed by atoms with E-state index in [1.807, 2.05) is 6.92 Å². The van der Waals surface area contributed by atoms with Crippen LogP contribution in [0, 0.1) is 6.92 Å². The number of fused-ring (bicyclic) bond motifs is 1. The van der Waals surface area contributed by atoms with Gasteiger partial charge >= 0.3 is 0 Å². The number of benzene rings is 2. The standard InChI is InChI=1S/C44H63N3O17S/c1-34-9-11-35(12-10-34)65(53,54)64-33-32-63-31-30-62-29-28-61-27-26-60-25-24-59-23-22-58-21-20-57-19-18-56-17-16-55-15-4-2-3-8-39(48)45-37-7-5-6-36-41(37)44(52)47(43(36)51)38-13-14-40(49)46-42(38)50/h5-7,9-12,38H,2-4,8,13-33H2,1H3,(H,45,48)(H,46,49,50). The molecule has 2 aliphatic rings. The average Bonchev–Trinajstić information content (AvgIpc) is 3.54. The minimum Gasteiger partial charge on any atom is -0.379 e. The Kier molecular flexibility index (Phi) is 25.3. The van der Waals surface area contributed by atoms with Crippen molar-refractivity contribution in [1.29, 1.82) is 0 Å². The molecule has 20 nitrogen and oxygen atoms in total. The number of hydrogen-bond donors (Lipinski definition) is 2. The number of hydrogen-bond acceptors (Lipinski definition) is 17. The number of imide groups is 2. The summed E-state index contributed by atoms with van der Waals surface area (Å²) in [6, 6.07) is 9.95. The third-order valence-corrected chi connectivity index (χ3v) is 11.0. The van der Waals surface area contributed by atoms with Gasteiger partial charge in [-0.2, -0.15) is 8.42 Å². The minimum atomic E-state index is -3.80. The molecule has 2 aliphatic heterocycles. The van der Waals surface area contributed by atoms with Gasteiger partial charge in [0.15, 0.2) is 0 Å². The highest BCUT2D eigenvalue weighted by Crippen LogP contribution is 2.32. The lowest BCUT2D eigenvalue weighted by Crippen LogP contribution is -2.54. The van der Waals surface area contributed by atoms with E-state index in [0.29, 0.717) is 119 Å². The molecular formula is C44H63N3O17S. The van der Waals surface area contributed by atoms with Gasteiger partial charge in [-0.1, -0.05) is 30.2 Å². The van der Waals surface area contributed by atoms with E-state index >= 15 is 0 Å². The summed E-state index contributed by atoms with van der Waals surface area (Å²) >= 11 is 0. The van der Waals surface area contributed by atoms with Crippen molar-refractivity contribution in [1.82, 2.24) is 10.2 Å². The maximum absolute atomic E-state index is 13.2. The van der Waals surface area contributed by atoms with Crippen LogP contribution in [0.1, 0.15) is 64.8 Å². The third kappa shape index (κ3) is 20.0. The Morgan fingerprint density at radius 2 is 1.09 bits per heavy atom. The first kappa shape index (κ1) is 53.4. The van der Waals surface area contributed by atoms with Crippen LogP contribution in [0.15, 0.2) is 47.4 Å². The van der Waals surface area contributed by atoms with Crippen molar-refractivity contribution < 1.29 is 79.2 Å². The second-order valence-electron chi connectivity index (χ2n) is 14.6. The molecule has 5 amide bonds. The number of aryl methyl sites for hydroxylation is 1. The molecule has 0 aromatic heterocycles. The van der Waals surface area contributed by atoms with Crippen molar-refractivity contribution in [3.05, 3.63) is 59.2 Å². The largest absolute Gasteiger partial charge is 0.379 e. The van der Waals surface area contributed by atoms with E-state index in [9.17, 15) is 32.4 Å². The molecular weight excluding hydrogens is 875 g/mol. The van der Waals surface area contributed by atoms with Gasteiger partial charge in [-0.15, -0.1) is 0 Å². The van der Waals surface area contributed by atoms with Crippen LogP contribution in [-0.2, 0) is 71.3 Å². The quantitative estimate of drug-likeness (QED) is 0.0562. The lowest BCUT2D eigenvalue weighted by atomic mass is 10.0. The van der Waals surface area contributed by atoms with E-state index in [4.69, 9.17) is 46.8 Å². The number of amides is 5. The van der Waals surface area contributed by atoms with E-state index < -0.39 is 39.8 Å². The predicted octanol–water partition coefficient (Wildman–Crippen LogP) is 2.45. The van der Waals surface area contributed by atoms with Crippen LogP contribution < -0.4 is 10.6 Å². The van der Waals surface area contributed by atoms with Crippen molar-refractivity contribution in [2.24, 2.45) is 0 Å². The van der Waals surface area contributed by atoms with Gasteiger partial charge in [0.1, 0.15) is 6.04 Å². The van der Waals surface area contributed by atoms with Gasteiger partial charge in [-0.3, -0.25) is 38.4 Å². The molecule has 65 heavy (non-hydrogen) atoms. The molecule has 2 N–H and O–H groups in total. The van der Waals surface area contributed by atoms with Gasteiger partial charge in [0.2, 0.25) is 17.7 Å². The second kappa shape index (κ2) is 30.9. The normalized spacial score (nSPS) is 15.2. The van der Waals surface area contributed by atoms with Crippen molar-refractivity contribution in [3.8, 4) is 0 Å². The predicted molar refractivity (Wildman–Crippen MR) is 232 cm³/mol. The summed E-state index contributed by atoms with van der Waals surface area (Å²) in [7, 11) is -3.80. The Hall–Kier alpha value is -4.26. The first-order valence-corrected chi connectivity index (χ1v) is 23.3.